The van der Waals surface area contributed by atoms with Crippen LogP contribution in [0.1, 0.15) is 33.4 Å². The van der Waals surface area contributed by atoms with Crippen molar-refractivity contribution in [3.8, 4) is 11.1 Å². The highest BCUT2D eigenvalue weighted by Crippen LogP contribution is 2.45. The minimum atomic E-state index is -4.69. The van der Waals surface area contributed by atoms with Crippen LogP contribution in [0.4, 0.5) is 23.2 Å². The number of benzene rings is 2. The number of ether oxygens (including phenoxy) is 1. The first kappa shape index (κ1) is 28.8. The van der Waals surface area contributed by atoms with Gasteiger partial charge < -0.3 is 13.8 Å². The zero-order chi connectivity index (χ0) is 30.7. The predicted molar refractivity (Wildman–Crippen MR) is 153 cm³/mol. The van der Waals surface area contributed by atoms with Crippen molar-refractivity contribution in [3.05, 3.63) is 83.5 Å². The molecule has 224 valence electrons. The maximum atomic E-state index is 15.8. The highest BCUT2D eigenvalue weighted by molar-refractivity contribution is 6.76. The molecule has 0 saturated carbocycles. The molecule has 0 bridgehead atoms. The largest absolute Gasteiger partial charge is 0.504 e. The molecule has 1 amide bonds. The molecule has 0 fully saturated rings. The second-order valence-corrected chi connectivity index (χ2v) is 17.3. The van der Waals surface area contributed by atoms with Crippen LogP contribution in [-0.4, -0.2) is 45.1 Å². The molecule has 0 spiro atoms. The smallest absolute Gasteiger partial charge is 0.361 e. The number of carbonyl (C=O) groups excluding carboxylic acids is 1. The topological polar surface area (TPSA) is 91.2 Å². The van der Waals surface area contributed by atoms with Crippen LogP contribution in [0.3, 0.4) is 0 Å². The van der Waals surface area contributed by atoms with E-state index in [1.165, 1.54) is 17.0 Å². The van der Waals surface area contributed by atoms with Gasteiger partial charge in [0, 0.05) is 37.7 Å². The molecule has 1 unspecified atom stereocenters. The van der Waals surface area contributed by atoms with Crippen LogP contribution < -0.4 is 4.90 Å². The number of hydrogen-bond donors (Lipinski definition) is 0. The van der Waals surface area contributed by atoms with Crippen LogP contribution in [-0.2, 0) is 17.8 Å². The number of hydrogen-bond acceptors (Lipinski definition) is 6. The van der Waals surface area contributed by atoms with Crippen LogP contribution >= 0.6 is 0 Å². The summed E-state index contributed by atoms with van der Waals surface area (Å²) in [5.74, 6) is -1.21. The number of nitrogens with zero attached hydrogens (tertiary/aromatic N) is 6. The average Bonchev–Trinajstić information content (AvgIpc) is 3.71. The normalized spacial score (nSPS) is 15.6. The lowest BCUT2D eigenvalue weighted by molar-refractivity contribution is -0.212. The zero-order valence-corrected chi connectivity index (χ0v) is 24.8. The molecule has 1 atom stereocenters. The van der Waals surface area contributed by atoms with E-state index in [0.717, 1.165) is 30.0 Å². The first-order chi connectivity index (χ1) is 20.3. The third-order valence-electron chi connectivity index (χ3n) is 7.43. The van der Waals surface area contributed by atoms with Crippen LogP contribution in [0.5, 0.6) is 0 Å². The number of carbonyl (C=O) groups is 1. The highest BCUT2D eigenvalue weighted by atomic mass is 28.3. The Labute approximate surface area is 244 Å². The number of rotatable bonds is 8. The minimum Gasteiger partial charge on any atom is -0.361 e. The van der Waals surface area contributed by atoms with Crippen LogP contribution in [0.15, 0.2) is 59.6 Å². The molecule has 0 N–H and O–H groups in total. The zero-order valence-electron chi connectivity index (χ0n) is 23.8. The highest BCUT2D eigenvalue weighted by Gasteiger charge is 2.45. The van der Waals surface area contributed by atoms with Crippen molar-refractivity contribution in [1.29, 1.82) is 0 Å². The van der Waals surface area contributed by atoms with E-state index in [1.54, 1.807) is 25.4 Å². The molecular weight excluding hydrogens is 584 g/mol. The Balaban J connectivity index is 1.33. The molecule has 1 aliphatic heterocycles. The second kappa shape index (κ2) is 10.5. The van der Waals surface area contributed by atoms with Gasteiger partial charge in [0.2, 0.25) is 5.76 Å². The maximum absolute atomic E-state index is 15.8. The summed E-state index contributed by atoms with van der Waals surface area (Å²) in [6.07, 6.45) is -1.22. The van der Waals surface area contributed by atoms with Crippen molar-refractivity contribution in [1.82, 2.24) is 24.5 Å². The predicted octanol–water partition coefficient (Wildman–Crippen LogP) is 6.87. The van der Waals surface area contributed by atoms with Gasteiger partial charge in [-0.1, -0.05) is 36.9 Å². The fraction of sp³-hybridized carbons (Fsp3) is 0.310. The molecule has 9 nitrogen and oxygen atoms in total. The number of anilines is 1. The second-order valence-electron chi connectivity index (χ2n) is 11.7. The van der Waals surface area contributed by atoms with Gasteiger partial charge in [-0.15, -0.1) is 13.2 Å². The van der Waals surface area contributed by atoms with Crippen LogP contribution in [0.25, 0.3) is 22.2 Å². The Hall–Kier alpha value is -4.30. The molecular formula is C29H28F4N6O3Si. The van der Waals surface area contributed by atoms with Gasteiger partial charge >= 0.3 is 6.30 Å². The van der Waals surface area contributed by atoms with Crippen molar-refractivity contribution >= 4 is 30.7 Å². The summed E-state index contributed by atoms with van der Waals surface area (Å²) in [7, 11) is -1.22. The van der Waals surface area contributed by atoms with Gasteiger partial charge in [-0.05, 0) is 42.8 Å². The summed E-state index contributed by atoms with van der Waals surface area (Å²) in [6.45, 7) is 9.52. The van der Waals surface area contributed by atoms with E-state index in [1.807, 2.05) is 10.6 Å². The molecule has 5 aromatic rings. The van der Waals surface area contributed by atoms with Gasteiger partial charge in [-0.25, -0.2) is 9.37 Å². The Morgan fingerprint density at radius 3 is 2.58 bits per heavy atom. The van der Waals surface area contributed by atoms with E-state index >= 15 is 4.39 Å². The van der Waals surface area contributed by atoms with Crippen molar-refractivity contribution in [2.75, 3.05) is 11.5 Å². The third-order valence-corrected chi connectivity index (χ3v) is 9.14. The summed E-state index contributed by atoms with van der Waals surface area (Å²) < 4.78 is 67.8. The molecule has 14 heteroatoms. The van der Waals surface area contributed by atoms with Gasteiger partial charge in [0.25, 0.3) is 5.91 Å². The van der Waals surface area contributed by atoms with E-state index in [0.29, 0.717) is 35.8 Å². The molecule has 1 aliphatic rings. The number of amides is 1. The standard InChI is InChI=1S/C29H28F4N6O3Si/c1-17-25-26(21-7-5-18(11-22(21)30)19-13-35-38(14-19)29(31,32)33)39(28(40)27(25)42-36-17)20-6-8-24-23(12-20)34-15-37(24)16-41-9-10-43(2,3)4/h5-8,11-15,26H,9-10,16H2,1-4H3. The molecule has 43 heavy (non-hydrogen) atoms. The summed E-state index contributed by atoms with van der Waals surface area (Å²) >= 11 is 0. The number of aromatic nitrogens is 5. The Kier molecular flexibility index (Phi) is 7.00. The molecule has 0 saturated heterocycles. The van der Waals surface area contributed by atoms with Gasteiger partial charge in [0.1, 0.15) is 12.5 Å². The summed E-state index contributed by atoms with van der Waals surface area (Å²) in [4.78, 5) is 19.5. The van der Waals surface area contributed by atoms with Crippen molar-refractivity contribution in [3.63, 3.8) is 0 Å². The first-order valence-electron chi connectivity index (χ1n) is 13.6. The lowest BCUT2D eigenvalue weighted by Crippen LogP contribution is -2.29. The van der Waals surface area contributed by atoms with E-state index in [2.05, 4.69) is 34.9 Å². The van der Waals surface area contributed by atoms with Gasteiger partial charge in [-0.2, -0.15) is 9.78 Å². The van der Waals surface area contributed by atoms with Crippen molar-refractivity contribution in [2.45, 2.75) is 51.7 Å². The molecule has 4 heterocycles. The molecule has 6 rings (SSSR count). The van der Waals surface area contributed by atoms with Crippen LogP contribution in [0.2, 0.25) is 25.7 Å². The van der Waals surface area contributed by atoms with Gasteiger partial charge in [-0.3, -0.25) is 9.69 Å². The summed E-state index contributed by atoms with van der Waals surface area (Å²) in [5, 5.41) is 7.26. The Morgan fingerprint density at radius 2 is 1.88 bits per heavy atom. The monoisotopic (exact) mass is 612 g/mol. The third kappa shape index (κ3) is 5.36. The average molecular weight is 613 g/mol. The maximum Gasteiger partial charge on any atom is 0.504 e. The lowest BCUT2D eigenvalue weighted by atomic mass is 9.96. The van der Waals surface area contributed by atoms with E-state index in [9.17, 15) is 18.0 Å². The molecule has 0 aliphatic carbocycles. The number of aryl methyl sites for hydroxylation is 1. The molecule has 3 aromatic heterocycles. The Bertz CT molecular complexity index is 1840. The SMILES string of the molecule is Cc1noc2c1C(c1ccc(-c3cnn(C(F)(F)F)c3)cc1F)N(c1ccc3c(c1)ncn3COCC[Si](C)(C)C)C2=O. The van der Waals surface area contributed by atoms with E-state index < -0.39 is 32.1 Å². The lowest BCUT2D eigenvalue weighted by Gasteiger charge is -2.26. The number of imidazole rings is 1. The molecule has 2 aromatic carbocycles. The quantitative estimate of drug-likeness (QED) is 0.108. The van der Waals surface area contributed by atoms with E-state index in [-0.39, 0.29) is 27.1 Å². The summed E-state index contributed by atoms with van der Waals surface area (Å²) in [5.41, 5.74) is 3.16. The van der Waals surface area contributed by atoms with Crippen molar-refractivity contribution in [2.24, 2.45) is 0 Å². The fourth-order valence-electron chi connectivity index (χ4n) is 5.15. The summed E-state index contributed by atoms with van der Waals surface area (Å²) in [6, 6.07) is 9.51. The van der Waals surface area contributed by atoms with E-state index in [4.69, 9.17) is 9.26 Å². The first-order valence-corrected chi connectivity index (χ1v) is 17.3. The van der Waals surface area contributed by atoms with Crippen LogP contribution in [0, 0.1) is 12.7 Å². The van der Waals surface area contributed by atoms with Gasteiger partial charge in [0.05, 0.1) is 40.9 Å². The van der Waals surface area contributed by atoms with Gasteiger partial charge in [0.15, 0.2) is 0 Å². The Morgan fingerprint density at radius 1 is 1.09 bits per heavy atom. The minimum absolute atomic E-state index is 0.00106. The number of fused-ring (bicyclic) bond motifs is 2. The van der Waals surface area contributed by atoms with Crippen molar-refractivity contribution < 1.29 is 31.6 Å². The fourth-order valence-corrected chi connectivity index (χ4v) is 5.91. The number of alkyl halides is 3. The molecule has 0 radical (unpaired) electrons. The number of halogens is 4.